The number of carbonyl (C=O) groups excluding carboxylic acids is 1. The van der Waals surface area contributed by atoms with Crippen LogP contribution < -0.4 is 19.1 Å². The highest BCUT2D eigenvalue weighted by Crippen LogP contribution is 2.55. The fourth-order valence-corrected chi connectivity index (χ4v) is 4.89. The normalized spacial score (nSPS) is 20.4. The predicted octanol–water partition coefficient (Wildman–Crippen LogP) is 4.24. The maximum Gasteiger partial charge on any atom is 0.418 e. The molecule has 174 valence electrons. The van der Waals surface area contributed by atoms with Crippen molar-refractivity contribution in [2.75, 3.05) is 24.7 Å². The van der Waals surface area contributed by atoms with Gasteiger partial charge in [-0.3, -0.25) is 9.78 Å². The van der Waals surface area contributed by atoms with Crippen LogP contribution >= 0.6 is 0 Å². The van der Waals surface area contributed by atoms with Crippen LogP contribution in [-0.2, 0) is 22.9 Å². The van der Waals surface area contributed by atoms with Gasteiger partial charge in [-0.1, -0.05) is 12.1 Å². The number of amides is 1. The minimum absolute atomic E-state index is 0.0855. The Morgan fingerprint density at radius 1 is 0.971 bits per heavy atom. The Balaban J connectivity index is 1.51. The van der Waals surface area contributed by atoms with E-state index in [0.29, 0.717) is 41.6 Å². The molecule has 0 aliphatic carbocycles. The van der Waals surface area contributed by atoms with Gasteiger partial charge in [0.1, 0.15) is 36.8 Å². The van der Waals surface area contributed by atoms with Crippen LogP contribution in [0, 0.1) is 5.82 Å². The first-order valence-corrected chi connectivity index (χ1v) is 10.5. The van der Waals surface area contributed by atoms with Gasteiger partial charge in [0.15, 0.2) is 11.5 Å². The van der Waals surface area contributed by atoms with Gasteiger partial charge in [0.05, 0.1) is 23.5 Å². The Labute approximate surface area is 190 Å². The van der Waals surface area contributed by atoms with E-state index in [9.17, 15) is 18.0 Å². The van der Waals surface area contributed by atoms with Crippen molar-refractivity contribution in [2.24, 2.45) is 0 Å². The number of rotatable bonds is 2. The highest BCUT2D eigenvalue weighted by Gasteiger charge is 2.58. The number of alkyl halides is 3. The van der Waals surface area contributed by atoms with Crippen LogP contribution in [0.25, 0.3) is 0 Å². The summed E-state index contributed by atoms with van der Waals surface area (Å²) in [6.07, 6.45) is -3.47. The first-order chi connectivity index (χ1) is 16.3. The Bertz CT molecular complexity index is 1340. The fraction of sp³-hybridized carbons (Fsp3) is 0.250. The number of halogens is 4. The highest BCUT2D eigenvalue weighted by molar-refractivity contribution is 6.11. The molecule has 1 unspecified atom stereocenters. The molecule has 1 amide bonds. The van der Waals surface area contributed by atoms with Crippen molar-refractivity contribution in [1.82, 2.24) is 4.98 Å². The molecule has 1 atom stereocenters. The average molecular weight is 472 g/mol. The first-order valence-electron chi connectivity index (χ1n) is 10.5. The summed E-state index contributed by atoms with van der Waals surface area (Å²) in [5, 5.41) is 0. The Kier molecular flexibility index (Phi) is 4.33. The van der Waals surface area contributed by atoms with Gasteiger partial charge < -0.3 is 19.1 Å². The second kappa shape index (κ2) is 7.09. The third kappa shape index (κ3) is 2.80. The zero-order valence-corrected chi connectivity index (χ0v) is 17.5. The molecule has 4 heterocycles. The summed E-state index contributed by atoms with van der Waals surface area (Å²) in [5.74, 6) is -0.0567. The minimum Gasteiger partial charge on any atom is -0.491 e. The van der Waals surface area contributed by atoms with E-state index in [4.69, 9.17) is 14.2 Å². The van der Waals surface area contributed by atoms with Crippen molar-refractivity contribution >= 4 is 11.6 Å². The molecular formula is C24H16F4N2O4. The number of nitrogens with zero attached hydrogens (tertiary/aromatic N) is 2. The van der Waals surface area contributed by atoms with Crippen LogP contribution in [0.4, 0.5) is 23.2 Å². The summed E-state index contributed by atoms with van der Waals surface area (Å²) in [6.45, 7) is 0.00354. The lowest BCUT2D eigenvalue weighted by molar-refractivity contribution is -0.138. The topological polar surface area (TPSA) is 60.9 Å². The molecule has 0 bridgehead atoms. The summed E-state index contributed by atoms with van der Waals surface area (Å²) < 4.78 is 73.0. The van der Waals surface area contributed by atoms with Gasteiger partial charge >= 0.3 is 6.18 Å². The molecule has 6 rings (SSSR count). The van der Waals surface area contributed by atoms with E-state index in [1.807, 2.05) is 0 Å². The predicted molar refractivity (Wildman–Crippen MR) is 111 cm³/mol. The molecule has 0 fully saturated rings. The van der Waals surface area contributed by atoms with E-state index >= 15 is 4.39 Å². The smallest absolute Gasteiger partial charge is 0.418 e. The molecule has 10 heteroatoms. The zero-order valence-electron chi connectivity index (χ0n) is 17.5. The van der Waals surface area contributed by atoms with Gasteiger partial charge in [-0.25, -0.2) is 4.39 Å². The third-order valence-corrected chi connectivity index (χ3v) is 6.38. The van der Waals surface area contributed by atoms with E-state index < -0.39 is 35.4 Å². The number of para-hydroxylation sites is 1. The molecule has 0 radical (unpaired) electrons. The van der Waals surface area contributed by atoms with Gasteiger partial charge in [-0.2, -0.15) is 13.2 Å². The molecule has 34 heavy (non-hydrogen) atoms. The number of aromatic nitrogens is 1. The maximum absolute atomic E-state index is 15.1. The van der Waals surface area contributed by atoms with Gasteiger partial charge in [-0.15, -0.1) is 0 Å². The maximum atomic E-state index is 15.1. The van der Waals surface area contributed by atoms with E-state index in [1.54, 1.807) is 18.2 Å². The van der Waals surface area contributed by atoms with Crippen molar-refractivity contribution in [3.05, 3.63) is 76.9 Å². The molecular weight excluding hydrogens is 456 g/mol. The van der Waals surface area contributed by atoms with Gasteiger partial charge in [-0.05, 0) is 24.3 Å². The number of hydrogen-bond acceptors (Lipinski definition) is 5. The van der Waals surface area contributed by atoms with E-state index in [-0.39, 0.29) is 18.0 Å². The van der Waals surface area contributed by atoms with Crippen LogP contribution in [0.15, 0.2) is 48.7 Å². The molecule has 2 aromatic carbocycles. The number of carbonyl (C=O) groups is 1. The van der Waals surface area contributed by atoms with Crippen LogP contribution in [0.1, 0.15) is 22.4 Å². The quantitative estimate of drug-likeness (QED) is 0.523. The largest absolute Gasteiger partial charge is 0.491 e. The summed E-state index contributed by atoms with van der Waals surface area (Å²) >= 11 is 0. The number of ether oxygens (including phenoxy) is 3. The van der Waals surface area contributed by atoms with Gasteiger partial charge in [0, 0.05) is 23.4 Å². The van der Waals surface area contributed by atoms with E-state index in [2.05, 4.69) is 4.98 Å². The zero-order chi connectivity index (χ0) is 23.7. The van der Waals surface area contributed by atoms with E-state index in [0.717, 1.165) is 11.0 Å². The lowest BCUT2D eigenvalue weighted by atomic mass is 9.77. The molecule has 3 aliphatic rings. The number of fused-ring (bicyclic) bond motifs is 5. The standard InChI is InChI=1S/C24H16F4N2O4/c25-16-5-1-3-14-21(16)30(11-17-13(24(26,27)28)4-2-6-29-17)22(31)23(14)12-34-18-10-20-19(9-15(18)23)32-7-8-33-20/h1-6,9-10H,7-8,11-12H2. The van der Waals surface area contributed by atoms with Crippen LogP contribution in [0.2, 0.25) is 0 Å². The molecule has 0 saturated carbocycles. The summed E-state index contributed by atoms with van der Waals surface area (Å²) in [4.78, 5) is 18.8. The van der Waals surface area contributed by atoms with Crippen LogP contribution in [-0.4, -0.2) is 30.7 Å². The van der Waals surface area contributed by atoms with Crippen LogP contribution in [0.5, 0.6) is 17.2 Å². The second-order valence-electron chi connectivity index (χ2n) is 8.21. The summed E-state index contributed by atoms with van der Waals surface area (Å²) in [7, 11) is 0. The molecule has 0 N–H and O–H groups in total. The average Bonchev–Trinajstić information content (AvgIpc) is 3.30. The number of benzene rings is 2. The number of pyridine rings is 1. The molecule has 0 saturated heterocycles. The summed E-state index contributed by atoms with van der Waals surface area (Å²) in [5.41, 5.74) is -2.11. The molecule has 6 nitrogen and oxygen atoms in total. The van der Waals surface area contributed by atoms with Gasteiger partial charge in [0.2, 0.25) is 5.91 Å². The number of anilines is 1. The third-order valence-electron chi connectivity index (χ3n) is 6.38. The van der Waals surface area contributed by atoms with E-state index in [1.165, 1.54) is 24.4 Å². The van der Waals surface area contributed by atoms with Crippen molar-refractivity contribution in [2.45, 2.75) is 18.1 Å². The van der Waals surface area contributed by atoms with Crippen molar-refractivity contribution in [3.8, 4) is 17.2 Å². The molecule has 1 spiro atoms. The molecule has 3 aliphatic heterocycles. The Morgan fingerprint density at radius 3 is 2.50 bits per heavy atom. The van der Waals surface area contributed by atoms with Crippen molar-refractivity contribution < 1.29 is 36.6 Å². The minimum atomic E-state index is -4.68. The Hall–Kier alpha value is -3.82. The SMILES string of the molecule is O=C1N(Cc2ncccc2C(F)(F)F)c2c(F)cccc2C12COc1cc3c(cc12)OCCO3. The summed E-state index contributed by atoms with van der Waals surface area (Å²) in [6, 6.07) is 9.53. The first kappa shape index (κ1) is 20.8. The van der Waals surface area contributed by atoms with Crippen molar-refractivity contribution in [3.63, 3.8) is 0 Å². The monoisotopic (exact) mass is 472 g/mol. The lowest BCUT2D eigenvalue weighted by Crippen LogP contribution is -2.42. The Morgan fingerprint density at radius 2 is 1.74 bits per heavy atom. The van der Waals surface area contributed by atoms with Crippen LogP contribution in [0.3, 0.4) is 0 Å². The fourth-order valence-electron chi connectivity index (χ4n) is 4.89. The second-order valence-corrected chi connectivity index (χ2v) is 8.21. The molecule has 3 aromatic rings. The molecule has 1 aromatic heterocycles. The van der Waals surface area contributed by atoms with Crippen molar-refractivity contribution in [1.29, 1.82) is 0 Å². The number of hydrogen-bond donors (Lipinski definition) is 0. The van der Waals surface area contributed by atoms with Gasteiger partial charge in [0.25, 0.3) is 0 Å². The highest BCUT2D eigenvalue weighted by atomic mass is 19.4. The lowest BCUT2D eigenvalue weighted by Gasteiger charge is -2.25.